The van der Waals surface area contributed by atoms with Crippen LogP contribution in [0, 0.1) is 5.82 Å². The van der Waals surface area contributed by atoms with Gasteiger partial charge < -0.3 is 14.5 Å². The Balaban J connectivity index is 2.92. The summed E-state index contributed by atoms with van der Waals surface area (Å²) in [6.07, 6.45) is 0. The molecule has 0 atom stereocenters. The lowest BCUT2D eigenvalue weighted by molar-refractivity contribution is -0.155. The van der Waals surface area contributed by atoms with Crippen molar-refractivity contribution in [2.45, 2.75) is 26.4 Å². The van der Waals surface area contributed by atoms with Crippen LogP contribution in [-0.4, -0.2) is 61.0 Å². The average molecular weight is 403 g/mol. The van der Waals surface area contributed by atoms with Gasteiger partial charge in [-0.05, 0) is 69.0 Å². The van der Waals surface area contributed by atoms with Gasteiger partial charge in [0.1, 0.15) is 18.0 Å². The number of carbonyl (C=O) groups excluding carboxylic acids is 2. The van der Waals surface area contributed by atoms with Gasteiger partial charge in [0.15, 0.2) is 0 Å². The molecule has 0 saturated carbocycles. The first kappa shape index (κ1) is 20.6. The van der Waals surface area contributed by atoms with Crippen molar-refractivity contribution in [1.29, 1.82) is 0 Å². The van der Waals surface area contributed by atoms with Crippen LogP contribution in [-0.2, 0) is 9.53 Å². The first-order chi connectivity index (χ1) is 11.0. The highest BCUT2D eigenvalue weighted by molar-refractivity contribution is 9.10. The molecule has 1 aromatic rings. The Morgan fingerprint density at radius 2 is 1.83 bits per heavy atom. The number of nitrogens with zero attached hydrogens (tertiary/aromatic N) is 2. The second-order valence-electron chi connectivity index (χ2n) is 6.75. The number of hydrogen-bond acceptors (Lipinski definition) is 4. The van der Waals surface area contributed by atoms with Crippen LogP contribution in [0.3, 0.4) is 0 Å². The Kier molecular flexibility index (Phi) is 7.35. The van der Waals surface area contributed by atoms with Gasteiger partial charge >= 0.3 is 5.97 Å². The maximum absolute atomic E-state index is 13.7. The molecule has 0 N–H and O–H groups in total. The molecule has 5 nitrogen and oxygen atoms in total. The quantitative estimate of drug-likeness (QED) is 0.686. The molecule has 0 spiro atoms. The number of likely N-dealkylation sites (N-methyl/N-ethyl adjacent to an activating group) is 1. The van der Waals surface area contributed by atoms with Crippen molar-refractivity contribution in [3.05, 3.63) is 34.1 Å². The molecular formula is C17H24BrFN2O3. The van der Waals surface area contributed by atoms with Gasteiger partial charge in [-0.3, -0.25) is 9.59 Å². The summed E-state index contributed by atoms with van der Waals surface area (Å²) < 4.78 is 19.2. The SMILES string of the molecule is CN(C)CCN(CC(=O)OC(C)(C)C)C(=O)c1ccc(Br)c(F)c1. The summed E-state index contributed by atoms with van der Waals surface area (Å²) in [6.45, 7) is 6.03. The van der Waals surface area contributed by atoms with E-state index in [4.69, 9.17) is 4.74 Å². The Morgan fingerprint density at radius 3 is 2.33 bits per heavy atom. The molecule has 1 aromatic carbocycles. The van der Waals surface area contributed by atoms with E-state index in [1.54, 1.807) is 20.8 Å². The molecule has 0 heterocycles. The predicted molar refractivity (Wildman–Crippen MR) is 94.4 cm³/mol. The Morgan fingerprint density at radius 1 is 1.21 bits per heavy atom. The third-order valence-electron chi connectivity index (χ3n) is 3.01. The van der Waals surface area contributed by atoms with E-state index >= 15 is 0 Å². The molecular weight excluding hydrogens is 379 g/mol. The monoisotopic (exact) mass is 402 g/mol. The van der Waals surface area contributed by atoms with Crippen LogP contribution >= 0.6 is 15.9 Å². The Hall–Kier alpha value is -1.47. The summed E-state index contributed by atoms with van der Waals surface area (Å²) in [5.74, 6) is -1.42. The van der Waals surface area contributed by atoms with Crippen molar-refractivity contribution in [3.8, 4) is 0 Å². The molecule has 1 amide bonds. The smallest absolute Gasteiger partial charge is 0.326 e. The fraction of sp³-hybridized carbons (Fsp3) is 0.529. The number of benzene rings is 1. The van der Waals surface area contributed by atoms with Gasteiger partial charge in [-0.25, -0.2) is 4.39 Å². The summed E-state index contributed by atoms with van der Waals surface area (Å²) in [7, 11) is 3.74. The molecule has 0 aromatic heterocycles. The zero-order valence-electron chi connectivity index (χ0n) is 14.7. The van der Waals surface area contributed by atoms with Crippen molar-refractivity contribution >= 4 is 27.8 Å². The molecule has 0 radical (unpaired) electrons. The molecule has 1 rings (SSSR count). The Labute approximate surface area is 150 Å². The van der Waals surface area contributed by atoms with E-state index in [9.17, 15) is 14.0 Å². The molecule has 24 heavy (non-hydrogen) atoms. The third-order valence-corrected chi connectivity index (χ3v) is 3.65. The van der Waals surface area contributed by atoms with Gasteiger partial charge in [-0.2, -0.15) is 0 Å². The van der Waals surface area contributed by atoms with E-state index in [-0.39, 0.29) is 16.6 Å². The van der Waals surface area contributed by atoms with Crippen molar-refractivity contribution in [3.63, 3.8) is 0 Å². The van der Waals surface area contributed by atoms with Crippen molar-refractivity contribution in [2.75, 3.05) is 33.7 Å². The minimum Gasteiger partial charge on any atom is -0.459 e. The van der Waals surface area contributed by atoms with Crippen LogP contribution < -0.4 is 0 Å². The first-order valence-electron chi connectivity index (χ1n) is 7.60. The van der Waals surface area contributed by atoms with E-state index in [1.165, 1.54) is 17.0 Å². The molecule has 0 bridgehead atoms. The van der Waals surface area contributed by atoms with Gasteiger partial charge in [0, 0.05) is 18.7 Å². The van der Waals surface area contributed by atoms with Gasteiger partial charge in [-0.15, -0.1) is 0 Å². The van der Waals surface area contributed by atoms with Crippen molar-refractivity contribution < 1.29 is 18.7 Å². The van der Waals surface area contributed by atoms with Gasteiger partial charge in [-0.1, -0.05) is 0 Å². The highest BCUT2D eigenvalue weighted by Crippen LogP contribution is 2.18. The Bertz CT molecular complexity index is 600. The minimum atomic E-state index is -0.628. The second-order valence-corrected chi connectivity index (χ2v) is 7.60. The fourth-order valence-electron chi connectivity index (χ4n) is 1.91. The lowest BCUT2D eigenvalue weighted by Gasteiger charge is -2.26. The molecule has 0 unspecified atom stereocenters. The predicted octanol–water partition coefficient (Wildman–Crippen LogP) is 2.93. The lowest BCUT2D eigenvalue weighted by atomic mass is 10.2. The summed E-state index contributed by atoms with van der Waals surface area (Å²) in [5.41, 5.74) is -0.435. The van der Waals surface area contributed by atoms with Crippen LogP contribution in [0.1, 0.15) is 31.1 Å². The van der Waals surface area contributed by atoms with Gasteiger partial charge in [0.25, 0.3) is 5.91 Å². The number of halogens is 2. The first-order valence-corrected chi connectivity index (χ1v) is 8.40. The standard InChI is InChI=1S/C17H24BrFN2O3/c1-17(2,3)24-15(22)11-21(9-8-20(4)5)16(23)12-6-7-13(18)14(19)10-12/h6-7,10H,8-9,11H2,1-5H3. The number of carbonyl (C=O) groups is 2. The minimum absolute atomic E-state index is 0.179. The number of amides is 1. The van der Waals surface area contributed by atoms with Crippen LogP contribution in [0.5, 0.6) is 0 Å². The normalized spacial score (nSPS) is 11.5. The number of esters is 1. The van der Waals surface area contributed by atoms with E-state index in [0.29, 0.717) is 13.1 Å². The molecule has 0 fully saturated rings. The maximum atomic E-state index is 13.7. The molecule has 0 saturated heterocycles. The van der Waals surface area contributed by atoms with E-state index in [2.05, 4.69) is 15.9 Å². The van der Waals surface area contributed by atoms with Gasteiger partial charge in [0.05, 0.1) is 4.47 Å². The molecule has 0 aliphatic heterocycles. The summed E-state index contributed by atoms with van der Waals surface area (Å²) in [4.78, 5) is 28.0. The van der Waals surface area contributed by atoms with E-state index in [1.807, 2.05) is 19.0 Å². The molecule has 0 aliphatic carbocycles. The third kappa shape index (κ3) is 6.97. The highest BCUT2D eigenvalue weighted by Gasteiger charge is 2.23. The lowest BCUT2D eigenvalue weighted by Crippen LogP contribution is -2.42. The van der Waals surface area contributed by atoms with Crippen LogP contribution in [0.15, 0.2) is 22.7 Å². The molecule has 7 heteroatoms. The van der Waals surface area contributed by atoms with Crippen molar-refractivity contribution in [1.82, 2.24) is 9.80 Å². The van der Waals surface area contributed by atoms with E-state index in [0.717, 1.165) is 6.07 Å². The topological polar surface area (TPSA) is 49.9 Å². The number of ether oxygens (including phenoxy) is 1. The van der Waals surface area contributed by atoms with Crippen molar-refractivity contribution in [2.24, 2.45) is 0 Å². The molecule has 0 aliphatic rings. The zero-order chi connectivity index (χ0) is 18.5. The molecule has 134 valence electrons. The number of hydrogen-bond donors (Lipinski definition) is 0. The summed E-state index contributed by atoms with van der Waals surface area (Å²) >= 11 is 3.06. The number of rotatable bonds is 6. The van der Waals surface area contributed by atoms with Gasteiger partial charge in [0.2, 0.25) is 0 Å². The summed E-state index contributed by atoms with van der Waals surface area (Å²) in [6, 6.07) is 4.15. The largest absolute Gasteiger partial charge is 0.459 e. The summed E-state index contributed by atoms with van der Waals surface area (Å²) in [5, 5.41) is 0. The average Bonchev–Trinajstić information content (AvgIpc) is 2.43. The second kappa shape index (κ2) is 8.58. The van der Waals surface area contributed by atoms with E-state index < -0.39 is 23.3 Å². The zero-order valence-corrected chi connectivity index (χ0v) is 16.3. The van der Waals surface area contributed by atoms with Crippen LogP contribution in [0.4, 0.5) is 4.39 Å². The van der Waals surface area contributed by atoms with Crippen LogP contribution in [0.2, 0.25) is 0 Å². The fourth-order valence-corrected chi connectivity index (χ4v) is 2.16. The van der Waals surface area contributed by atoms with Crippen LogP contribution in [0.25, 0.3) is 0 Å². The maximum Gasteiger partial charge on any atom is 0.326 e. The highest BCUT2D eigenvalue weighted by atomic mass is 79.9.